The van der Waals surface area contributed by atoms with Gasteiger partial charge in [0, 0.05) is 36.5 Å². The van der Waals surface area contributed by atoms with Gasteiger partial charge in [-0.25, -0.2) is 0 Å². The maximum Gasteiger partial charge on any atom is 0.227 e. The number of nitrogens with one attached hydrogen (secondary N) is 1. The molecular weight excluding hydrogens is 368 g/mol. The molecule has 0 bridgehead atoms. The third kappa shape index (κ3) is 5.16. The second-order valence-corrected chi connectivity index (χ2v) is 8.43. The van der Waals surface area contributed by atoms with Gasteiger partial charge in [-0.3, -0.25) is 9.59 Å². The Bertz CT molecular complexity index is 830. The molecule has 0 radical (unpaired) electrons. The van der Waals surface area contributed by atoms with E-state index in [4.69, 9.17) is 0 Å². The van der Waals surface area contributed by atoms with Gasteiger partial charge in [0.05, 0.1) is 0 Å². The van der Waals surface area contributed by atoms with Crippen molar-refractivity contribution in [1.82, 2.24) is 0 Å². The van der Waals surface area contributed by atoms with Crippen molar-refractivity contribution in [3.05, 3.63) is 59.2 Å². The van der Waals surface area contributed by atoms with Crippen LogP contribution in [0.4, 0.5) is 11.4 Å². The van der Waals surface area contributed by atoms with Crippen molar-refractivity contribution in [3.63, 3.8) is 0 Å². The summed E-state index contributed by atoms with van der Waals surface area (Å²) in [5.74, 6) is 1.95. The monoisotopic (exact) mass is 396 g/mol. The van der Waals surface area contributed by atoms with Crippen molar-refractivity contribution in [2.24, 2.45) is 0 Å². The quantitative estimate of drug-likeness (QED) is 0.656. The van der Waals surface area contributed by atoms with E-state index in [-0.39, 0.29) is 11.8 Å². The normalized spacial score (nSPS) is 12.7. The Balaban J connectivity index is 1.32. The number of thioether (sulfide) groups is 1. The van der Waals surface area contributed by atoms with Crippen LogP contribution in [-0.2, 0) is 16.0 Å². The zero-order valence-electron chi connectivity index (χ0n) is 16.7. The number of hydrogen-bond acceptors (Lipinski definition) is 3. The fourth-order valence-corrected chi connectivity index (χ4v) is 4.41. The Morgan fingerprint density at radius 1 is 1.00 bits per heavy atom. The number of carbonyl (C=O) groups is 2. The highest BCUT2D eigenvalue weighted by atomic mass is 32.2. The summed E-state index contributed by atoms with van der Waals surface area (Å²) < 4.78 is 0. The third-order valence-corrected chi connectivity index (χ3v) is 6.16. The summed E-state index contributed by atoms with van der Waals surface area (Å²) in [6.45, 7) is 4.81. The summed E-state index contributed by atoms with van der Waals surface area (Å²) in [6.07, 6.45) is 2.83. The summed E-state index contributed by atoms with van der Waals surface area (Å²) in [7, 11) is 0. The highest BCUT2D eigenvalue weighted by molar-refractivity contribution is 7.99. The number of fused-ring (bicyclic) bond motifs is 1. The van der Waals surface area contributed by atoms with Gasteiger partial charge < -0.3 is 10.2 Å². The van der Waals surface area contributed by atoms with Crippen LogP contribution in [0.25, 0.3) is 0 Å². The molecule has 2 aromatic carbocycles. The first-order valence-corrected chi connectivity index (χ1v) is 11.0. The Kier molecular flexibility index (Phi) is 7.15. The molecule has 0 fully saturated rings. The van der Waals surface area contributed by atoms with Crippen molar-refractivity contribution in [2.45, 2.75) is 39.5 Å². The van der Waals surface area contributed by atoms with Crippen LogP contribution in [0.1, 0.15) is 36.0 Å². The van der Waals surface area contributed by atoms with Crippen molar-refractivity contribution in [3.8, 4) is 0 Å². The molecule has 5 heteroatoms. The average Bonchev–Trinajstić information content (AvgIpc) is 3.11. The van der Waals surface area contributed by atoms with E-state index < -0.39 is 0 Å². The van der Waals surface area contributed by atoms with E-state index in [1.165, 1.54) is 5.56 Å². The molecule has 0 aliphatic carbocycles. The Labute approximate surface area is 171 Å². The van der Waals surface area contributed by atoms with Crippen LogP contribution in [0.5, 0.6) is 0 Å². The lowest BCUT2D eigenvalue weighted by Crippen LogP contribution is -2.29. The second kappa shape index (κ2) is 9.78. The average molecular weight is 397 g/mol. The molecule has 1 N–H and O–H groups in total. The topological polar surface area (TPSA) is 49.4 Å². The van der Waals surface area contributed by atoms with E-state index in [1.807, 2.05) is 55.1 Å². The van der Waals surface area contributed by atoms with Crippen LogP contribution in [0.3, 0.4) is 0 Å². The minimum absolute atomic E-state index is 0.0581. The maximum absolute atomic E-state index is 12.5. The lowest BCUT2D eigenvalue weighted by molar-refractivity contribution is -0.118. The number of amides is 2. The van der Waals surface area contributed by atoms with Crippen molar-refractivity contribution in [2.75, 3.05) is 28.3 Å². The molecule has 28 heavy (non-hydrogen) atoms. The van der Waals surface area contributed by atoms with E-state index >= 15 is 0 Å². The number of rotatable bonds is 8. The zero-order valence-corrected chi connectivity index (χ0v) is 17.5. The lowest BCUT2D eigenvalue weighted by Gasteiger charge is -2.17. The SMILES string of the molecule is Cc1cccc(C)c1NC(=O)CCCSCCC(=O)N1CCc2ccccc21. The van der Waals surface area contributed by atoms with E-state index in [0.717, 1.165) is 53.4 Å². The Morgan fingerprint density at radius 3 is 2.54 bits per heavy atom. The molecular formula is C23H28N2O2S. The lowest BCUT2D eigenvalue weighted by atomic mass is 10.1. The van der Waals surface area contributed by atoms with Gasteiger partial charge >= 0.3 is 0 Å². The first-order valence-electron chi connectivity index (χ1n) is 9.88. The molecule has 1 aliphatic heterocycles. The number of nitrogens with zero attached hydrogens (tertiary/aromatic N) is 1. The molecule has 3 rings (SSSR count). The number of aryl methyl sites for hydroxylation is 2. The first-order chi connectivity index (χ1) is 13.6. The van der Waals surface area contributed by atoms with Gasteiger partial charge in [-0.2, -0.15) is 11.8 Å². The van der Waals surface area contributed by atoms with Crippen molar-refractivity contribution in [1.29, 1.82) is 0 Å². The van der Waals surface area contributed by atoms with Crippen LogP contribution in [0.15, 0.2) is 42.5 Å². The van der Waals surface area contributed by atoms with Crippen LogP contribution in [-0.4, -0.2) is 29.9 Å². The van der Waals surface area contributed by atoms with Gasteiger partial charge in [-0.1, -0.05) is 36.4 Å². The maximum atomic E-state index is 12.5. The second-order valence-electron chi connectivity index (χ2n) is 7.20. The van der Waals surface area contributed by atoms with Gasteiger partial charge in [0.15, 0.2) is 0 Å². The third-order valence-electron chi connectivity index (χ3n) is 5.09. The summed E-state index contributed by atoms with van der Waals surface area (Å²) >= 11 is 1.75. The van der Waals surface area contributed by atoms with Gasteiger partial charge in [0.2, 0.25) is 11.8 Å². The minimum Gasteiger partial charge on any atom is -0.326 e. The standard InChI is InChI=1S/C23H28N2O2S/c1-17-7-5-8-18(2)23(17)24-21(26)11-6-15-28-16-13-22(27)25-14-12-19-9-3-4-10-20(19)25/h3-5,7-10H,6,11-16H2,1-2H3,(H,24,26). The zero-order chi connectivity index (χ0) is 19.9. The minimum atomic E-state index is 0.0581. The predicted octanol–water partition coefficient (Wildman–Crippen LogP) is 4.73. The number of anilines is 2. The van der Waals surface area contributed by atoms with Gasteiger partial charge in [-0.05, 0) is 55.2 Å². The molecule has 2 aromatic rings. The fourth-order valence-electron chi connectivity index (χ4n) is 3.54. The molecule has 0 aromatic heterocycles. The molecule has 1 aliphatic rings. The van der Waals surface area contributed by atoms with E-state index in [1.54, 1.807) is 11.8 Å². The molecule has 0 atom stereocenters. The van der Waals surface area contributed by atoms with Gasteiger partial charge in [0.1, 0.15) is 0 Å². The van der Waals surface area contributed by atoms with Crippen LogP contribution >= 0.6 is 11.8 Å². The van der Waals surface area contributed by atoms with Gasteiger partial charge in [0.25, 0.3) is 0 Å². The molecule has 1 heterocycles. The van der Waals surface area contributed by atoms with Crippen LogP contribution in [0, 0.1) is 13.8 Å². The van der Waals surface area contributed by atoms with Crippen molar-refractivity contribution >= 4 is 35.0 Å². The smallest absolute Gasteiger partial charge is 0.227 e. The molecule has 2 amide bonds. The Morgan fingerprint density at radius 2 is 1.75 bits per heavy atom. The number of hydrogen-bond donors (Lipinski definition) is 1. The molecule has 4 nitrogen and oxygen atoms in total. The largest absolute Gasteiger partial charge is 0.326 e. The molecule has 0 unspecified atom stereocenters. The highest BCUT2D eigenvalue weighted by Crippen LogP contribution is 2.28. The Hall–Kier alpha value is -2.27. The first kappa shape index (κ1) is 20.5. The van der Waals surface area contributed by atoms with Gasteiger partial charge in [-0.15, -0.1) is 0 Å². The summed E-state index contributed by atoms with van der Waals surface area (Å²) in [5, 5.41) is 3.03. The number of carbonyl (C=O) groups excluding carboxylic acids is 2. The van der Waals surface area contributed by atoms with E-state index in [9.17, 15) is 9.59 Å². The highest BCUT2D eigenvalue weighted by Gasteiger charge is 2.23. The van der Waals surface area contributed by atoms with E-state index in [2.05, 4.69) is 11.4 Å². The summed E-state index contributed by atoms with van der Waals surface area (Å²) in [4.78, 5) is 26.5. The molecule has 148 valence electrons. The number of benzene rings is 2. The predicted molar refractivity (Wildman–Crippen MR) is 118 cm³/mol. The number of para-hydroxylation sites is 2. The molecule has 0 saturated carbocycles. The molecule has 0 spiro atoms. The van der Waals surface area contributed by atoms with Crippen LogP contribution in [0.2, 0.25) is 0 Å². The van der Waals surface area contributed by atoms with E-state index in [0.29, 0.717) is 12.8 Å². The molecule has 0 saturated heterocycles. The van der Waals surface area contributed by atoms with Crippen LogP contribution < -0.4 is 10.2 Å². The summed E-state index contributed by atoms with van der Waals surface area (Å²) in [5.41, 5.74) is 5.44. The fraction of sp³-hybridized carbons (Fsp3) is 0.391. The summed E-state index contributed by atoms with van der Waals surface area (Å²) in [6, 6.07) is 14.2. The van der Waals surface area contributed by atoms with Crippen molar-refractivity contribution < 1.29 is 9.59 Å².